The van der Waals surface area contributed by atoms with Gasteiger partial charge in [0.2, 0.25) is 0 Å². The van der Waals surface area contributed by atoms with E-state index in [1.54, 1.807) is 0 Å². The number of benzene rings is 3. The number of rotatable bonds is 9. The van der Waals surface area contributed by atoms with Crippen molar-refractivity contribution in [2.75, 3.05) is 6.54 Å². The number of aryl methyl sites for hydroxylation is 1. The zero-order valence-corrected chi connectivity index (χ0v) is 17.5. The topological polar surface area (TPSA) is 12.0 Å². The molecule has 0 saturated heterocycles. The molecule has 29 heavy (non-hydrogen) atoms. The fraction of sp³-hybridized carbons (Fsp3) is 0.217. The normalized spacial score (nSPS) is 11.7. The molecule has 6 heteroatoms. The quantitative estimate of drug-likeness (QED) is 0.224. The highest BCUT2D eigenvalue weighted by molar-refractivity contribution is 7.98. The number of hydrogen-bond acceptors (Lipinski definition) is 2. The summed E-state index contributed by atoms with van der Waals surface area (Å²) in [4.78, 5) is 3.80. The fourth-order valence-corrected chi connectivity index (χ4v) is 5.75. The van der Waals surface area contributed by atoms with Gasteiger partial charge < -0.3 is 0 Å². The summed E-state index contributed by atoms with van der Waals surface area (Å²) in [6.07, 6.45) is 2.38. The van der Waals surface area contributed by atoms with Crippen molar-refractivity contribution in [1.29, 1.82) is 0 Å². The Hall–Kier alpha value is -1.89. The molecule has 0 aliphatic rings. The van der Waals surface area contributed by atoms with Gasteiger partial charge in [-0.1, -0.05) is 54.6 Å². The van der Waals surface area contributed by atoms with Crippen LogP contribution >= 0.6 is 11.9 Å². The van der Waals surface area contributed by atoms with Gasteiger partial charge in [0, 0.05) is 24.1 Å². The van der Waals surface area contributed by atoms with Crippen LogP contribution in [-0.2, 0) is 17.3 Å². The molecule has 0 saturated carbocycles. The Morgan fingerprint density at radius 3 is 1.86 bits per heavy atom. The van der Waals surface area contributed by atoms with Gasteiger partial charge in [-0.15, -0.1) is 0 Å². The van der Waals surface area contributed by atoms with Gasteiger partial charge in [-0.25, -0.2) is 0 Å². The maximum absolute atomic E-state index is 12.2. The molecular weight excluding hydrogens is 411 g/mol. The van der Waals surface area contributed by atoms with Crippen molar-refractivity contribution in [2.45, 2.75) is 39.5 Å². The van der Waals surface area contributed by atoms with Gasteiger partial charge >= 0.3 is 5.51 Å². The van der Waals surface area contributed by atoms with Crippen LogP contribution in [0.15, 0.2) is 99.6 Å². The molecule has 0 fully saturated rings. The van der Waals surface area contributed by atoms with Crippen LogP contribution in [0.1, 0.15) is 18.4 Å². The summed E-state index contributed by atoms with van der Waals surface area (Å²) >= 11 is -0.166. The van der Waals surface area contributed by atoms with Crippen LogP contribution in [0.5, 0.6) is 0 Å². The third-order valence-corrected chi connectivity index (χ3v) is 7.22. The summed E-state index contributed by atoms with van der Waals surface area (Å²) in [6, 6.07) is 29.3. The minimum atomic E-state index is -4.23. The molecule has 1 nitrogen and oxygen atoms in total. The molecule has 0 spiro atoms. The highest BCUT2D eigenvalue weighted by Gasteiger charge is 2.30. The van der Waals surface area contributed by atoms with Gasteiger partial charge in [0.1, 0.15) is 0 Å². The highest BCUT2D eigenvalue weighted by atomic mass is 32.2. The van der Waals surface area contributed by atoms with Crippen LogP contribution in [0.2, 0.25) is 0 Å². The van der Waals surface area contributed by atoms with E-state index >= 15 is 0 Å². The van der Waals surface area contributed by atoms with E-state index < -0.39 is 5.51 Å². The number of halogens is 3. The van der Waals surface area contributed by atoms with Crippen molar-refractivity contribution >= 4 is 22.8 Å². The first-order chi connectivity index (χ1) is 14.0. The van der Waals surface area contributed by atoms with E-state index in [4.69, 9.17) is 0 Å². The van der Waals surface area contributed by atoms with Crippen LogP contribution in [-0.4, -0.2) is 12.1 Å². The average molecular weight is 435 g/mol. The molecule has 3 aromatic rings. The van der Waals surface area contributed by atoms with Crippen LogP contribution in [0, 0.1) is 0 Å². The first-order valence-electron chi connectivity index (χ1n) is 9.44. The molecule has 3 aromatic carbocycles. The van der Waals surface area contributed by atoms with E-state index in [1.807, 2.05) is 18.2 Å². The molecule has 0 amide bonds. The Morgan fingerprint density at radius 2 is 1.28 bits per heavy atom. The van der Waals surface area contributed by atoms with E-state index in [0.29, 0.717) is 13.0 Å². The Kier molecular flexibility index (Phi) is 8.09. The third-order valence-electron chi connectivity index (χ3n) is 4.31. The van der Waals surface area contributed by atoms with Gasteiger partial charge in [0.25, 0.3) is 0 Å². The molecule has 0 atom stereocenters. The Labute approximate surface area is 177 Å². The maximum atomic E-state index is 12.2. The van der Waals surface area contributed by atoms with Crippen LogP contribution in [0.4, 0.5) is 13.2 Å². The molecule has 0 radical (unpaired) electrons. The Morgan fingerprint density at radius 1 is 0.724 bits per heavy atom. The molecule has 0 aromatic heterocycles. The van der Waals surface area contributed by atoms with E-state index in [1.165, 1.54) is 20.2 Å². The molecular formula is C23H23F3NS2+. The standard InChI is InChI=1S/C23H23F3NS2/c24-23(25,26)28-27-18-10-9-12-19-11-7-8-17-22(19)29(20-13-3-1-4-14-20)21-15-5-2-6-16-21/h1-8,11,13-17,27H,9-10,12,18H2/q+1. The molecule has 152 valence electrons. The first kappa shape index (κ1) is 21.8. The predicted octanol–water partition coefficient (Wildman–Crippen LogP) is 6.86. The fourth-order valence-electron chi connectivity index (χ4n) is 3.06. The molecule has 1 N–H and O–H groups in total. The number of unbranched alkanes of at least 4 members (excludes halogenated alkanes) is 1. The van der Waals surface area contributed by atoms with Crippen molar-refractivity contribution in [2.24, 2.45) is 0 Å². The van der Waals surface area contributed by atoms with Crippen LogP contribution in [0.3, 0.4) is 0 Å². The van der Waals surface area contributed by atoms with Gasteiger partial charge in [0.05, 0.1) is 10.9 Å². The van der Waals surface area contributed by atoms with Crippen molar-refractivity contribution in [3.8, 4) is 0 Å². The Bertz CT molecular complexity index is 831. The number of hydrogen-bond donors (Lipinski definition) is 1. The van der Waals surface area contributed by atoms with Crippen molar-refractivity contribution in [1.82, 2.24) is 4.72 Å². The Balaban J connectivity index is 1.75. The second kappa shape index (κ2) is 10.8. The minimum absolute atomic E-state index is 0.166. The second-order valence-electron chi connectivity index (χ2n) is 6.44. The smallest absolute Gasteiger partial charge is 0.257 e. The maximum Gasteiger partial charge on any atom is 0.456 e. The van der Waals surface area contributed by atoms with E-state index in [2.05, 4.69) is 71.5 Å². The lowest BCUT2D eigenvalue weighted by molar-refractivity contribution is -0.0335. The minimum Gasteiger partial charge on any atom is -0.257 e. The third kappa shape index (κ3) is 6.84. The molecule has 0 bridgehead atoms. The second-order valence-corrected chi connectivity index (χ2v) is 9.39. The van der Waals surface area contributed by atoms with E-state index in [-0.39, 0.29) is 22.8 Å². The van der Waals surface area contributed by atoms with Gasteiger partial charge in [-0.3, -0.25) is 4.72 Å². The van der Waals surface area contributed by atoms with E-state index in [0.717, 1.165) is 12.8 Å². The van der Waals surface area contributed by atoms with Crippen LogP contribution in [0.25, 0.3) is 0 Å². The number of nitrogens with one attached hydrogen (secondary N) is 1. The molecule has 0 unspecified atom stereocenters. The molecule has 3 rings (SSSR count). The summed E-state index contributed by atoms with van der Waals surface area (Å²) in [5.41, 5.74) is -2.97. The lowest BCUT2D eigenvalue weighted by atomic mass is 10.1. The van der Waals surface area contributed by atoms with Gasteiger partial charge in [-0.2, -0.15) is 13.2 Å². The first-order valence-corrected chi connectivity index (χ1v) is 11.5. The molecule has 0 aliphatic carbocycles. The number of alkyl halides is 3. The average Bonchev–Trinajstić information content (AvgIpc) is 2.73. The SMILES string of the molecule is FC(F)(F)SNCCCCc1ccccc1[S+](c1ccccc1)c1ccccc1. The lowest BCUT2D eigenvalue weighted by Crippen LogP contribution is -2.14. The summed E-state index contributed by atoms with van der Waals surface area (Å²) in [7, 11) is -0.215. The summed E-state index contributed by atoms with van der Waals surface area (Å²) in [6.45, 7) is 0.343. The van der Waals surface area contributed by atoms with Crippen molar-refractivity contribution in [3.63, 3.8) is 0 Å². The summed E-state index contributed by atoms with van der Waals surface area (Å²) < 4.78 is 39.0. The zero-order valence-electron chi connectivity index (χ0n) is 15.9. The monoisotopic (exact) mass is 434 g/mol. The molecule has 0 aliphatic heterocycles. The zero-order chi connectivity index (χ0) is 20.5. The predicted molar refractivity (Wildman–Crippen MR) is 116 cm³/mol. The lowest BCUT2D eigenvalue weighted by Gasteiger charge is -2.12. The van der Waals surface area contributed by atoms with Crippen molar-refractivity contribution < 1.29 is 13.2 Å². The van der Waals surface area contributed by atoms with E-state index in [9.17, 15) is 13.2 Å². The van der Waals surface area contributed by atoms with Gasteiger partial charge in [0.15, 0.2) is 14.7 Å². The van der Waals surface area contributed by atoms with Crippen LogP contribution < -0.4 is 4.72 Å². The van der Waals surface area contributed by atoms with Crippen molar-refractivity contribution in [3.05, 3.63) is 90.5 Å². The van der Waals surface area contributed by atoms with Gasteiger partial charge in [-0.05, 0) is 49.6 Å². The highest BCUT2D eigenvalue weighted by Crippen LogP contribution is 2.33. The largest absolute Gasteiger partial charge is 0.456 e. The summed E-state index contributed by atoms with van der Waals surface area (Å²) in [5, 5.41) is 0. The molecule has 0 heterocycles. The summed E-state index contributed by atoms with van der Waals surface area (Å²) in [5.74, 6) is 0.